The van der Waals surface area contributed by atoms with E-state index in [0.29, 0.717) is 32.4 Å². The van der Waals surface area contributed by atoms with Gasteiger partial charge in [0.2, 0.25) is 0 Å². The molecule has 0 aliphatic carbocycles. The largest absolute Gasteiger partial charge is 0.508 e. The summed E-state index contributed by atoms with van der Waals surface area (Å²) in [6.07, 6.45) is 0. The van der Waals surface area contributed by atoms with E-state index in [0.717, 1.165) is 22.5 Å². The first-order chi connectivity index (χ1) is 21.7. The maximum absolute atomic E-state index is 10.1. The smallest absolute Gasteiger partial charge is 0.195 e. The van der Waals surface area contributed by atoms with Crippen LogP contribution < -0.4 is 9.47 Å². The lowest BCUT2D eigenvalue weighted by molar-refractivity contribution is 0.0457. The number of rotatable bonds is 12. The normalized spacial score (nSPS) is 11.4. The van der Waals surface area contributed by atoms with Crippen molar-refractivity contribution < 1.29 is 29.2 Å². The summed E-state index contributed by atoms with van der Waals surface area (Å²) >= 11 is 10.6. The first kappa shape index (κ1) is 36.7. The second kappa shape index (κ2) is 16.2. The van der Waals surface area contributed by atoms with Crippen LogP contribution in [0.25, 0.3) is 22.8 Å². The van der Waals surface area contributed by atoms with Gasteiger partial charge in [0.05, 0.1) is 11.1 Å². The van der Waals surface area contributed by atoms with Gasteiger partial charge >= 0.3 is 0 Å². The molecule has 2 heterocycles. The highest BCUT2D eigenvalue weighted by Crippen LogP contribution is 2.40. The van der Waals surface area contributed by atoms with Crippen LogP contribution in [0.2, 0.25) is 0 Å². The van der Waals surface area contributed by atoms with Crippen molar-refractivity contribution in [1.82, 2.24) is 29.5 Å². The van der Waals surface area contributed by atoms with Crippen molar-refractivity contribution in [3.8, 4) is 45.8 Å². The molecule has 12 nitrogen and oxygen atoms in total. The minimum absolute atomic E-state index is 0.0113. The van der Waals surface area contributed by atoms with Gasteiger partial charge in [0.15, 0.2) is 34.8 Å². The Morgan fingerprint density at radius 3 is 1.57 bits per heavy atom. The Morgan fingerprint density at radius 1 is 0.652 bits per heavy atom. The highest BCUT2D eigenvalue weighted by Gasteiger charge is 2.22. The van der Waals surface area contributed by atoms with Crippen molar-refractivity contribution >= 4 is 24.4 Å². The molecule has 0 atom stereocenters. The van der Waals surface area contributed by atoms with Crippen molar-refractivity contribution in [2.75, 3.05) is 27.8 Å². The maximum Gasteiger partial charge on any atom is 0.195 e. The third-order valence-corrected chi connectivity index (χ3v) is 7.67. The molecular formula is C32H46N6O6S2. The van der Waals surface area contributed by atoms with Gasteiger partial charge in [-0.25, -0.2) is 0 Å². The molecule has 0 saturated heterocycles. The molecule has 4 aromatic rings. The SMILES string of the molecule is CC(C)c1cc(-c2n[nH]c(=S)n2C(C)C)c(O)cc1O.COCOc1cc(OCOC)c(C(C)C)cc1-c1n[nH]c(=S)n1C(C)C. The Morgan fingerprint density at radius 2 is 1.11 bits per heavy atom. The standard InChI is InChI=1S/C18H27N3O4S.C14H19N3O2S/c1-11(2)13-7-14(17-19-20-18(26)21(17)12(3)4)16(25-10-23-6)8-15(13)24-9-22-5;1-7(2)9-5-10(12(19)6-11(9)18)13-15-16-14(20)17(13)8(3)4/h7-8,11-12H,9-10H2,1-6H3,(H,20,26);5-8,18-19H,1-4H3,(H,16,20). The van der Waals surface area contributed by atoms with Crippen LogP contribution >= 0.6 is 24.4 Å². The molecule has 2 aromatic heterocycles. The van der Waals surface area contributed by atoms with Crippen LogP contribution in [0.1, 0.15) is 90.4 Å². The quantitative estimate of drug-likeness (QED) is 0.0862. The van der Waals surface area contributed by atoms with E-state index < -0.39 is 0 Å². The van der Waals surface area contributed by atoms with E-state index in [1.807, 2.05) is 49.0 Å². The number of ether oxygens (including phenoxy) is 4. The summed E-state index contributed by atoms with van der Waals surface area (Å²) in [5, 5.41) is 34.3. The zero-order chi connectivity index (χ0) is 34.3. The predicted octanol–water partition coefficient (Wildman–Crippen LogP) is 8.00. The lowest BCUT2D eigenvalue weighted by Crippen LogP contribution is -2.08. The molecule has 0 amide bonds. The molecule has 0 saturated carbocycles. The summed E-state index contributed by atoms with van der Waals surface area (Å²) in [4.78, 5) is 0. The second-order valence-corrected chi connectivity index (χ2v) is 12.6. The van der Waals surface area contributed by atoms with Crippen molar-refractivity contribution in [1.29, 1.82) is 0 Å². The summed E-state index contributed by atoms with van der Waals surface area (Å²) in [5.41, 5.74) is 3.19. The minimum Gasteiger partial charge on any atom is -0.508 e. The highest BCUT2D eigenvalue weighted by molar-refractivity contribution is 7.71. The first-order valence-electron chi connectivity index (χ1n) is 15.0. The van der Waals surface area contributed by atoms with E-state index >= 15 is 0 Å². The van der Waals surface area contributed by atoms with Crippen molar-refractivity contribution in [2.45, 2.75) is 79.3 Å². The molecular weight excluding hydrogens is 629 g/mol. The third-order valence-electron chi connectivity index (χ3n) is 7.09. The van der Waals surface area contributed by atoms with E-state index in [4.69, 9.17) is 43.4 Å². The number of hydrogen-bond donors (Lipinski definition) is 4. The molecule has 0 spiro atoms. The van der Waals surface area contributed by atoms with E-state index in [-0.39, 0.29) is 49.0 Å². The molecule has 0 unspecified atom stereocenters. The van der Waals surface area contributed by atoms with Crippen molar-refractivity contribution in [3.63, 3.8) is 0 Å². The fourth-order valence-electron chi connectivity index (χ4n) is 4.88. The van der Waals surface area contributed by atoms with Crippen LogP contribution in [0.4, 0.5) is 0 Å². The Bertz CT molecular complexity index is 1720. The average molecular weight is 675 g/mol. The van der Waals surface area contributed by atoms with E-state index in [9.17, 15) is 10.2 Å². The molecule has 0 aliphatic heterocycles. The van der Waals surface area contributed by atoms with Crippen LogP contribution in [-0.2, 0) is 9.47 Å². The molecule has 46 heavy (non-hydrogen) atoms. The summed E-state index contributed by atoms with van der Waals surface area (Å²) in [7, 11) is 3.17. The minimum atomic E-state index is -0.0113. The summed E-state index contributed by atoms with van der Waals surface area (Å²) in [5.74, 6) is 3.07. The van der Waals surface area contributed by atoms with Gasteiger partial charge in [-0.3, -0.25) is 19.3 Å². The topological polar surface area (TPSA) is 145 Å². The van der Waals surface area contributed by atoms with Gasteiger partial charge in [0.1, 0.15) is 23.0 Å². The van der Waals surface area contributed by atoms with Crippen LogP contribution in [-0.4, -0.2) is 67.5 Å². The summed E-state index contributed by atoms with van der Waals surface area (Å²) in [6.45, 7) is 16.6. The molecule has 252 valence electrons. The van der Waals surface area contributed by atoms with E-state index in [1.165, 1.54) is 6.07 Å². The Balaban J connectivity index is 0.000000259. The number of H-pyrrole nitrogens is 2. The predicted molar refractivity (Wildman–Crippen MR) is 183 cm³/mol. The molecule has 4 N–H and O–H groups in total. The molecule has 14 heteroatoms. The summed E-state index contributed by atoms with van der Waals surface area (Å²) < 4.78 is 26.5. The number of aromatic nitrogens is 6. The second-order valence-electron chi connectivity index (χ2n) is 11.9. The van der Waals surface area contributed by atoms with Crippen molar-refractivity contribution in [3.05, 3.63) is 44.9 Å². The van der Waals surface area contributed by atoms with Crippen LogP contribution in [0.5, 0.6) is 23.0 Å². The Kier molecular flexibility index (Phi) is 12.9. The highest BCUT2D eigenvalue weighted by atomic mass is 32.1. The van der Waals surface area contributed by atoms with Gasteiger partial charge in [-0.05, 0) is 87.2 Å². The van der Waals surface area contributed by atoms with E-state index in [2.05, 4.69) is 48.1 Å². The molecule has 0 fully saturated rings. The number of phenolic OH excluding ortho intramolecular Hbond substituents is 2. The zero-order valence-electron chi connectivity index (χ0n) is 28.2. The summed E-state index contributed by atoms with van der Waals surface area (Å²) in [6, 6.07) is 7.27. The number of hydrogen-bond acceptors (Lipinski definition) is 10. The maximum atomic E-state index is 10.1. The van der Waals surface area contributed by atoms with Gasteiger partial charge in [0.25, 0.3) is 0 Å². The number of aromatic amines is 2. The fourth-order valence-corrected chi connectivity index (χ4v) is 5.56. The number of phenols is 2. The third kappa shape index (κ3) is 8.35. The first-order valence-corrected chi connectivity index (χ1v) is 15.9. The number of benzene rings is 2. The van der Waals surface area contributed by atoms with Gasteiger partial charge in [-0.2, -0.15) is 10.2 Å². The molecule has 0 bridgehead atoms. The van der Waals surface area contributed by atoms with Gasteiger partial charge < -0.3 is 29.2 Å². The van der Waals surface area contributed by atoms with Crippen LogP contribution in [0, 0.1) is 9.54 Å². The average Bonchev–Trinajstić information content (AvgIpc) is 3.57. The lowest BCUT2D eigenvalue weighted by Gasteiger charge is -2.19. The van der Waals surface area contributed by atoms with E-state index in [1.54, 1.807) is 20.3 Å². The molecule has 0 aliphatic rings. The number of nitrogens with zero attached hydrogens (tertiary/aromatic N) is 4. The Hall–Kier alpha value is -3.72. The number of nitrogens with one attached hydrogen (secondary N) is 2. The number of methoxy groups -OCH3 is 2. The molecule has 2 aromatic carbocycles. The lowest BCUT2D eigenvalue weighted by atomic mass is 9.98. The molecule has 4 rings (SSSR count). The van der Waals surface area contributed by atoms with Crippen molar-refractivity contribution in [2.24, 2.45) is 0 Å². The Labute approximate surface area is 280 Å². The van der Waals surface area contributed by atoms with Crippen LogP contribution in [0.15, 0.2) is 24.3 Å². The fraction of sp³-hybridized carbons (Fsp3) is 0.500. The van der Waals surface area contributed by atoms with Crippen LogP contribution in [0.3, 0.4) is 0 Å². The van der Waals surface area contributed by atoms with Gasteiger partial charge in [0, 0.05) is 38.4 Å². The van der Waals surface area contributed by atoms with Gasteiger partial charge in [-0.1, -0.05) is 27.7 Å². The monoisotopic (exact) mass is 674 g/mol. The molecule has 0 radical (unpaired) electrons. The zero-order valence-corrected chi connectivity index (χ0v) is 29.8. The number of aromatic hydroxyl groups is 2. The van der Waals surface area contributed by atoms with Gasteiger partial charge in [-0.15, -0.1) is 0 Å².